The summed E-state index contributed by atoms with van der Waals surface area (Å²) in [7, 11) is 0. The first-order valence-electron chi connectivity index (χ1n) is 5.50. The Morgan fingerprint density at radius 1 is 1.31 bits per heavy atom. The predicted molar refractivity (Wildman–Crippen MR) is 65.2 cm³/mol. The van der Waals surface area contributed by atoms with Crippen LogP contribution in [-0.4, -0.2) is 23.2 Å². The number of aromatic nitrogens is 1. The van der Waals surface area contributed by atoms with Crippen LogP contribution in [0.3, 0.4) is 0 Å². The van der Waals surface area contributed by atoms with E-state index >= 15 is 0 Å². The highest BCUT2D eigenvalue weighted by Crippen LogP contribution is 2.22. The van der Waals surface area contributed by atoms with E-state index in [9.17, 15) is 0 Å². The van der Waals surface area contributed by atoms with Crippen molar-refractivity contribution in [3.63, 3.8) is 0 Å². The van der Waals surface area contributed by atoms with E-state index in [4.69, 9.17) is 10.8 Å². The minimum atomic E-state index is 0.174. The highest BCUT2D eigenvalue weighted by Gasteiger charge is 2.09. The summed E-state index contributed by atoms with van der Waals surface area (Å²) in [5.41, 5.74) is 7.88. The summed E-state index contributed by atoms with van der Waals surface area (Å²) in [6, 6.07) is 10.1. The number of nitrogens with zero attached hydrogens (tertiary/aromatic N) is 1. The molecule has 0 aliphatic rings. The summed E-state index contributed by atoms with van der Waals surface area (Å²) in [4.78, 5) is 4.27. The van der Waals surface area contributed by atoms with Gasteiger partial charge >= 0.3 is 0 Å². The molecule has 1 atom stereocenters. The van der Waals surface area contributed by atoms with Gasteiger partial charge in [0.15, 0.2) is 0 Å². The maximum absolute atomic E-state index is 8.97. The number of benzene rings is 1. The molecule has 3 N–H and O–H groups in total. The van der Waals surface area contributed by atoms with E-state index in [0.29, 0.717) is 13.0 Å². The van der Waals surface area contributed by atoms with E-state index in [2.05, 4.69) is 11.1 Å². The molecular weight excluding hydrogens is 200 g/mol. The van der Waals surface area contributed by atoms with Gasteiger partial charge in [-0.3, -0.25) is 4.98 Å². The Kier molecular flexibility index (Phi) is 3.49. The first-order valence-corrected chi connectivity index (χ1v) is 5.50. The molecule has 0 amide bonds. The molecule has 2 rings (SSSR count). The fourth-order valence-corrected chi connectivity index (χ4v) is 1.92. The molecule has 84 valence electrons. The van der Waals surface area contributed by atoms with Gasteiger partial charge in [0.05, 0.1) is 5.52 Å². The van der Waals surface area contributed by atoms with E-state index in [-0.39, 0.29) is 12.5 Å². The Morgan fingerprint density at radius 2 is 2.19 bits per heavy atom. The summed E-state index contributed by atoms with van der Waals surface area (Å²) in [6.07, 6.45) is 2.50. The molecule has 0 spiro atoms. The third-order valence-electron chi connectivity index (χ3n) is 2.86. The number of fused-ring (bicyclic) bond motifs is 1. The largest absolute Gasteiger partial charge is 0.396 e. The summed E-state index contributed by atoms with van der Waals surface area (Å²) in [6.45, 7) is 0.735. The van der Waals surface area contributed by atoms with Gasteiger partial charge < -0.3 is 10.8 Å². The van der Waals surface area contributed by atoms with Crippen LogP contribution in [0.25, 0.3) is 10.9 Å². The molecule has 0 saturated heterocycles. The summed E-state index contributed by atoms with van der Waals surface area (Å²) in [5.74, 6) is 0.231. The van der Waals surface area contributed by atoms with Crippen molar-refractivity contribution >= 4 is 10.9 Å². The van der Waals surface area contributed by atoms with Crippen LogP contribution in [0, 0.1) is 0 Å². The van der Waals surface area contributed by atoms with E-state index in [1.165, 1.54) is 5.56 Å². The molecule has 2 aromatic rings. The van der Waals surface area contributed by atoms with Gasteiger partial charge in [0.25, 0.3) is 0 Å². The van der Waals surface area contributed by atoms with Gasteiger partial charge in [-0.1, -0.05) is 12.1 Å². The molecule has 0 bridgehead atoms. The Labute approximate surface area is 94.9 Å². The lowest BCUT2D eigenvalue weighted by atomic mass is 9.95. The van der Waals surface area contributed by atoms with Gasteiger partial charge in [-0.25, -0.2) is 0 Å². The maximum atomic E-state index is 8.97. The zero-order chi connectivity index (χ0) is 11.4. The molecule has 0 aliphatic heterocycles. The van der Waals surface area contributed by atoms with Crippen molar-refractivity contribution in [1.82, 2.24) is 4.98 Å². The molecule has 0 radical (unpaired) electrons. The second-order valence-electron chi connectivity index (χ2n) is 3.90. The number of aliphatic hydroxyl groups excluding tert-OH is 1. The minimum absolute atomic E-state index is 0.174. The van der Waals surface area contributed by atoms with E-state index in [1.54, 1.807) is 6.20 Å². The fourth-order valence-electron chi connectivity index (χ4n) is 1.92. The van der Waals surface area contributed by atoms with Crippen molar-refractivity contribution < 1.29 is 5.11 Å². The lowest BCUT2D eigenvalue weighted by Gasteiger charge is -2.14. The molecule has 1 aromatic heterocycles. The average Bonchev–Trinajstić information content (AvgIpc) is 2.35. The monoisotopic (exact) mass is 216 g/mol. The van der Waals surface area contributed by atoms with Crippen molar-refractivity contribution in [1.29, 1.82) is 0 Å². The number of aliphatic hydroxyl groups is 1. The highest BCUT2D eigenvalue weighted by atomic mass is 16.3. The first kappa shape index (κ1) is 11.0. The Balaban J connectivity index is 2.37. The molecule has 3 nitrogen and oxygen atoms in total. The molecular formula is C13H16N2O. The number of hydrogen-bond donors (Lipinski definition) is 2. The van der Waals surface area contributed by atoms with Crippen LogP contribution < -0.4 is 5.73 Å². The molecule has 1 unspecified atom stereocenters. The van der Waals surface area contributed by atoms with Gasteiger partial charge in [-0.05, 0) is 42.6 Å². The Hall–Kier alpha value is -1.45. The molecule has 3 heteroatoms. The average molecular weight is 216 g/mol. The summed E-state index contributed by atoms with van der Waals surface area (Å²) >= 11 is 0. The Morgan fingerprint density at radius 3 is 2.94 bits per heavy atom. The fraction of sp³-hybridized carbons (Fsp3) is 0.308. The standard InChI is InChI=1S/C13H16N2O/c14-9-12(5-7-16)10-3-4-13-11(8-10)2-1-6-15-13/h1-4,6,8,12,16H,5,7,9,14H2. The molecule has 0 saturated carbocycles. The van der Waals surface area contributed by atoms with Crippen molar-refractivity contribution in [3.05, 3.63) is 42.1 Å². The molecule has 0 aliphatic carbocycles. The lowest BCUT2D eigenvalue weighted by Crippen LogP contribution is -2.13. The quantitative estimate of drug-likeness (QED) is 0.817. The van der Waals surface area contributed by atoms with Gasteiger partial charge in [0.1, 0.15) is 0 Å². The normalized spacial score (nSPS) is 12.9. The molecule has 0 fully saturated rings. The van der Waals surface area contributed by atoms with E-state index in [1.807, 2.05) is 24.3 Å². The van der Waals surface area contributed by atoms with E-state index in [0.717, 1.165) is 10.9 Å². The topological polar surface area (TPSA) is 59.1 Å². The molecule has 1 heterocycles. The number of rotatable bonds is 4. The number of pyridine rings is 1. The van der Waals surface area contributed by atoms with Crippen LogP contribution >= 0.6 is 0 Å². The summed E-state index contributed by atoms with van der Waals surface area (Å²) < 4.78 is 0. The predicted octanol–water partition coefficient (Wildman–Crippen LogP) is 1.66. The van der Waals surface area contributed by atoms with Crippen molar-refractivity contribution in [2.45, 2.75) is 12.3 Å². The van der Waals surface area contributed by atoms with Crippen molar-refractivity contribution in [2.24, 2.45) is 5.73 Å². The molecule has 1 aromatic carbocycles. The van der Waals surface area contributed by atoms with Crippen LogP contribution in [0.4, 0.5) is 0 Å². The second kappa shape index (κ2) is 5.05. The lowest BCUT2D eigenvalue weighted by molar-refractivity contribution is 0.276. The van der Waals surface area contributed by atoms with Crippen LogP contribution in [0.1, 0.15) is 17.9 Å². The van der Waals surface area contributed by atoms with Crippen molar-refractivity contribution in [3.8, 4) is 0 Å². The van der Waals surface area contributed by atoms with Gasteiger partial charge in [-0.2, -0.15) is 0 Å². The number of hydrogen-bond acceptors (Lipinski definition) is 3. The zero-order valence-corrected chi connectivity index (χ0v) is 9.13. The van der Waals surface area contributed by atoms with Crippen LogP contribution in [0.2, 0.25) is 0 Å². The minimum Gasteiger partial charge on any atom is -0.396 e. The van der Waals surface area contributed by atoms with Gasteiger partial charge in [-0.15, -0.1) is 0 Å². The van der Waals surface area contributed by atoms with Crippen LogP contribution in [0.15, 0.2) is 36.5 Å². The zero-order valence-electron chi connectivity index (χ0n) is 9.13. The van der Waals surface area contributed by atoms with Gasteiger partial charge in [0, 0.05) is 18.2 Å². The Bertz CT molecular complexity index is 470. The van der Waals surface area contributed by atoms with E-state index < -0.39 is 0 Å². The maximum Gasteiger partial charge on any atom is 0.0702 e. The van der Waals surface area contributed by atoms with Crippen LogP contribution in [-0.2, 0) is 0 Å². The first-order chi connectivity index (χ1) is 7.85. The summed E-state index contributed by atoms with van der Waals surface area (Å²) in [5, 5.41) is 10.1. The highest BCUT2D eigenvalue weighted by molar-refractivity contribution is 5.79. The second-order valence-corrected chi connectivity index (χ2v) is 3.90. The number of nitrogens with two attached hydrogens (primary N) is 1. The van der Waals surface area contributed by atoms with Crippen molar-refractivity contribution in [2.75, 3.05) is 13.2 Å². The van der Waals surface area contributed by atoms with Gasteiger partial charge in [0.2, 0.25) is 0 Å². The third kappa shape index (κ3) is 2.21. The smallest absolute Gasteiger partial charge is 0.0702 e. The van der Waals surface area contributed by atoms with Crippen LogP contribution in [0.5, 0.6) is 0 Å². The third-order valence-corrected chi connectivity index (χ3v) is 2.86. The SMILES string of the molecule is NCC(CCO)c1ccc2ncccc2c1. The molecule has 16 heavy (non-hydrogen) atoms.